The summed E-state index contributed by atoms with van der Waals surface area (Å²) in [4.78, 5) is 7.19. The van der Waals surface area contributed by atoms with Crippen LogP contribution in [0.1, 0.15) is 43.8 Å². The van der Waals surface area contributed by atoms with Crippen molar-refractivity contribution < 1.29 is 0 Å². The molecular weight excluding hydrogens is 398 g/mol. The maximum atomic E-state index is 4.52. The van der Waals surface area contributed by atoms with Crippen molar-refractivity contribution in [1.29, 1.82) is 0 Å². The Morgan fingerprint density at radius 1 is 0.906 bits per heavy atom. The molecule has 0 amide bonds. The van der Waals surface area contributed by atoms with Gasteiger partial charge >= 0.3 is 0 Å². The van der Waals surface area contributed by atoms with E-state index in [1.807, 2.05) is 4.68 Å². The average molecular weight is 434 g/mol. The number of tetrazole rings is 1. The van der Waals surface area contributed by atoms with E-state index >= 15 is 0 Å². The largest absolute Gasteiger partial charge is 0.378 e. The molecule has 0 bridgehead atoms. The van der Waals surface area contributed by atoms with Crippen LogP contribution in [0.25, 0.3) is 0 Å². The SMILES string of the molecule is CN(C)c1ccc([C@@H](c2nnnn2C(C)(C)C)N2CCN(Cc3ccccc3)CC2)cc1. The third-order valence-corrected chi connectivity index (χ3v) is 6.12. The molecule has 1 aromatic heterocycles. The number of hydrogen-bond donors (Lipinski definition) is 0. The fraction of sp³-hybridized carbons (Fsp3) is 0.480. The van der Waals surface area contributed by atoms with Crippen molar-refractivity contribution in [3.8, 4) is 0 Å². The maximum Gasteiger partial charge on any atom is 0.173 e. The van der Waals surface area contributed by atoms with Gasteiger partial charge in [-0.25, -0.2) is 4.68 Å². The summed E-state index contributed by atoms with van der Waals surface area (Å²) in [5.74, 6) is 0.909. The van der Waals surface area contributed by atoms with Gasteiger partial charge in [-0.2, -0.15) is 0 Å². The monoisotopic (exact) mass is 433 g/mol. The lowest BCUT2D eigenvalue weighted by Crippen LogP contribution is -2.48. The average Bonchev–Trinajstić information content (AvgIpc) is 3.26. The first-order chi connectivity index (χ1) is 15.3. The van der Waals surface area contributed by atoms with Crippen LogP contribution in [0.15, 0.2) is 54.6 Å². The Balaban J connectivity index is 1.58. The van der Waals surface area contributed by atoms with Crippen molar-refractivity contribution in [3.63, 3.8) is 0 Å². The molecule has 7 heteroatoms. The highest BCUT2D eigenvalue weighted by atomic mass is 15.6. The number of benzene rings is 2. The normalized spacial score (nSPS) is 16.8. The van der Waals surface area contributed by atoms with Crippen LogP contribution in [0.5, 0.6) is 0 Å². The Morgan fingerprint density at radius 3 is 2.16 bits per heavy atom. The van der Waals surface area contributed by atoms with E-state index in [2.05, 4.69) is 120 Å². The summed E-state index contributed by atoms with van der Waals surface area (Å²) in [7, 11) is 4.14. The highest BCUT2D eigenvalue weighted by Gasteiger charge is 2.33. The van der Waals surface area contributed by atoms with Crippen molar-refractivity contribution in [2.24, 2.45) is 0 Å². The van der Waals surface area contributed by atoms with E-state index in [-0.39, 0.29) is 11.6 Å². The number of hydrogen-bond acceptors (Lipinski definition) is 6. The van der Waals surface area contributed by atoms with Gasteiger partial charge in [-0.05, 0) is 54.5 Å². The highest BCUT2D eigenvalue weighted by Crippen LogP contribution is 2.31. The van der Waals surface area contributed by atoms with Crippen LogP contribution < -0.4 is 4.90 Å². The summed E-state index contributed by atoms with van der Waals surface area (Å²) < 4.78 is 1.98. The zero-order chi connectivity index (χ0) is 22.7. The molecule has 0 unspecified atom stereocenters. The molecule has 3 aromatic rings. The first kappa shape index (κ1) is 22.4. The molecule has 32 heavy (non-hydrogen) atoms. The molecule has 4 rings (SSSR count). The quantitative estimate of drug-likeness (QED) is 0.594. The van der Waals surface area contributed by atoms with Crippen molar-refractivity contribution >= 4 is 5.69 Å². The first-order valence-corrected chi connectivity index (χ1v) is 11.4. The number of aromatic nitrogens is 4. The fourth-order valence-corrected chi connectivity index (χ4v) is 4.34. The number of rotatable bonds is 6. The van der Waals surface area contributed by atoms with Gasteiger partial charge in [0, 0.05) is 52.5 Å². The van der Waals surface area contributed by atoms with Gasteiger partial charge in [-0.15, -0.1) is 5.10 Å². The van der Waals surface area contributed by atoms with Gasteiger partial charge in [0.25, 0.3) is 0 Å². The molecule has 0 aliphatic carbocycles. The highest BCUT2D eigenvalue weighted by molar-refractivity contribution is 5.47. The summed E-state index contributed by atoms with van der Waals surface area (Å²) in [6.45, 7) is 11.4. The summed E-state index contributed by atoms with van der Waals surface area (Å²) in [6.07, 6.45) is 0. The molecule has 170 valence electrons. The first-order valence-electron chi connectivity index (χ1n) is 11.4. The number of anilines is 1. The van der Waals surface area contributed by atoms with E-state index in [9.17, 15) is 0 Å². The second-order valence-corrected chi connectivity index (χ2v) is 9.81. The van der Waals surface area contributed by atoms with Crippen LogP contribution in [-0.2, 0) is 12.1 Å². The van der Waals surface area contributed by atoms with Gasteiger partial charge in [0.15, 0.2) is 5.82 Å². The predicted molar refractivity (Wildman–Crippen MR) is 129 cm³/mol. The van der Waals surface area contributed by atoms with Gasteiger partial charge < -0.3 is 4.90 Å². The minimum Gasteiger partial charge on any atom is -0.378 e. The molecule has 1 saturated heterocycles. The van der Waals surface area contributed by atoms with Crippen LogP contribution in [-0.4, -0.2) is 70.3 Å². The minimum absolute atomic E-state index is 0.0271. The number of nitrogens with zero attached hydrogens (tertiary/aromatic N) is 7. The molecule has 1 aliphatic rings. The summed E-state index contributed by atoms with van der Waals surface area (Å²) in [6, 6.07) is 19.6. The van der Waals surface area contributed by atoms with Crippen LogP contribution in [0.3, 0.4) is 0 Å². The van der Waals surface area contributed by atoms with Gasteiger partial charge in [0.05, 0.1) is 11.6 Å². The Hall–Kier alpha value is -2.77. The fourth-order valence-electron chi connectivity index (χ4n) is 4.34. The molecule has 0 N–H and O–H groups in total. The minimum atomic E-state index is -0.185. The molecule has 1 aliphatic heterocycles. The maximum absolute atomic E-state index is 4.52. The van der Waals surface area contributed by atoms with Crippen molar-refractivity contribution in [2.75, 3.05) is 45.2 Å². The van der Waals surface area contributed by atoms with Gasteiger partial charge in [0.1, 0.15) is 0 Å². The van der Waals surface area contributed by atoms with Crippen molar-refractivity contribution in [3.05, 3.63) is 71.5 Å². The lowest BCUT2D eigenvalue weighted by molar-refractivity contribution is 0.0979. The predicted octanol–water partition coefficient (Wildman–Crippen LogP) is 3.40. The zero-order valence-electron chi connectivity index (χ0n) is 19.9. The second-order valence-electron chi connectivity index (χ2n) is 9.81. The summed E-state index contributed by atoms with van der Waals surface area (Å²) >= 11 is 0. The molecule has 0 radical (unpaired) electrons. The van der Waals surface area contributed by atoms with E-state index in [1.54, 1.807) is 0 Å². The van der Waals surface area contributed by atoms with E-state index in [4.69, 9.17) is 0 Å². The lowest BCUT2D eigenvalue weighted by Gasteiger charge is -2.39. The van der Waals surface area contributed by atoms with Gasteiger partial charge in [-0.3, -0.25) is 9.80 Å². The van der Waals surface area contributed by atoms with Gasteiger partial charge in [0.2, 0.25) is 0 Å². The second kappa shape index (κ2) is 9.38. The molecule has 0 saturated carbocycles. The third kappa shape index (κ3) is 5.00. The third-order valence-electron chi connectivity index (χ3n) is 6.12. The summed E-state index contributed by atoms with van der Waals surface area (Å²) in [5.41, 5.74) is 3.60. The topological polar surface area (TPSA) is 53.3 Å². The smallest absolute Gasteiger partial charge is 0.173 e. The Labute approximate surface area is 191 Å². The van der Waals surface area contributed by atoms with Crippen LogP contribution in [0, 0.1) is 0 Å². The molecule has 7 nitrogen and oxygen atoms in total. The van der Waals surface area contributed by atoms with Crippen LogP contribution in [0.2, 0.25) is 0 Å². The van der Waals surface area contributed by atoms with Crippen molar-refractivity contribution in [2.45, 2.75) is 38.9 Å². The molecule has 0 spiro atoms. The van der Waals surface area contributed by atoms with Crippen molar-refractivity contribution in [1.82, 2.24) is 30.0 Å². The Kier molecular flexibility index (Phi) is 6.58. The van der Waals surface area contributed by atoms with Gasteiger partial charge in [-0.1, -0.05) is 42.5 Å². The van der Waals surface area contributed by atoms with E-state index in [0.717, 1.165) is 38.5 Å². The molecule has 1 fully saturated rings. The lowest BCUT2D eigenvalue weighted by atomic mass is 10.0. The van der Waals surface area contributed by atoms with Crippen LogP contribution >= 0.6 is 0 Å². The molecule has 2 aromatic carbocycles. The zero-order valence-corrected chi connectivity index (χ0v) is 19.9. The number of piperazine rings is 1. The Morgan fingerprint density at radius 2 is 1.56 bits per heavy atom. The Bertz CT molecular complexity index is 981. The molecular formula is C25H35N7. The van der Waals surface area contributed by atoms with E-state index < -0.39 is 0 Å². The molecule has 1 atom stereocenters. The molecule has 2 heterocycles. The van der Waals surface area contributed by atoms with E-state index in [1.165, 1.54) is 16.8 Å². The van der Waals surface area contributed by atoms with Crippen LogP contribution in [0.4, 0.5) is 5.69 Å². The standard InChI is InChI=1S/C25H35N7/c1-25(2,3)32-24(26-27-28-32)23(21-11-13-22(14-12-21)29(4)5)31-17-15-30(16-18-31)19-20-9-7-6-8-10-20/h6-14,23H,15-19H2,1-5H3/t23-/m0/s1. The van der Waals surface area contributed by atoms with E-state index in [0.29, 0.717) is 0 Å². The summed E-state index contributed by atoms with van der Waals surface area (Å²) in [5, 5.41) is 12.9.